The highest BCUT2D eigenvalue weighted by molar-refractivity contribution is 6.34. The fraction of sp³-hybridized carbons (Fsp3) is 0.375. The topological polar surface area (TPSA) is 143 Å². The second kappa shape index (κ2) is 10.8. The molecule has 1 fully saturated rings. The number of carbonyl (C=O) groups excluding carboxylic acids is 2. The predicted octanol–water partition coefficient (Wildman–Crippen LogP) is 3.52. The van der Waals surface area contributed by atoms with Gasteiger partial charge in [0.1, 0.15) is 11.2 Å². The third-order valence-electron chi connectivity index (χ3n) is 6.21. The van der Waals surface area contributed by atoms with Gasteiger partial charge in [-0.3, -0.25) is 19.4 Å². The average Bonchev–Trinajstić information content (AvgIpc) is 3.37. The number of anilines is 1. The largest absolute Gasteiger partial charge is 0.467 e. The van der Waals surface area contributed by atoms with E-state index >= 15 is 0 Å². The van der Waals surface area contributed by atoms with Crippen LogP contribution in [0.5, 0.6) is 6.01 Å². The Balaban J connectivity index is 1.46. The number of amides is 2. The van der Waals surface area contributed by atoms with Crippen molar-refractivity contribution in [2.45, 2.75) is 38.5 Å². The number of aromatic nitrogens is 3. The zero-order valence-corrected chi connectivity index (χ0v) is 20.1. The molecule has 4 N–H and O–H groups in total. The summed E-state index contributed by atoms with van der Waals surface area (Å²) in [5, 5.41) is 4.45. The van der Waals surface area contributed by atoms with Crippen molar-refractivity contribution < 1.29 is 14.3 Å². The number of benzene rings is 1. The standard InChI is InChI=1S/C24H27ClN6O4/c1-35-24-27-13-16-11-17(22(33)29-20(16)30-24)21(32)28-19-12-15(8-9-18(19)25)23(34)31(26)10-4-7-14-5-2-3-6-14/h8-9,11-14H,2-7,10,26H2,1H3,(H,28,32)(H,27,29,30,33). The first-order valence-electron chi connectivity index (χ1n) is 11.5. The van der Waals surface area contributed by atoms with Crippen LogP contribution < -0.4 is 21.5 Å². The number of nitrogens with two attached hydrogens (primary N) is 1. The van der Waals surface area contributed by atoms with E-state index in [0.717, 1.165) is 18.8 Å². The summed E-state index contributed by atoms with van der Waals surface area (Å²) in [4.78, 5) is 48.7. The van der Waals surface area contributed by atoms with Crippen molar-refractivity contribution in [3.05, 3.63) is 57.0 Å². The van der Waals surface area contributed by atoms with Crippen LogP contribution in [-0.4, -0.2) is 45.4 Å². The third kappa shape index (κ3) is 5.77. The van der Waals surface area contributed by atoms with Crippen molar-refractivity contribution >= 4 is 40.1 Å². The Morgan fingerprint density at radius 3 is 2.80 bits per heavy atom. The van der Waals surface area contributed by atoms with Gasteiger partial charge in [0.15, 0.2) is 0 Å². The number of carbonyl (C=O) groups is 2. The van der Waals surface area contributed by atoms with Crippen LogP contribution in [0.15, 0.2) is 35.3 Å². The van der Waals surface area contributed by atoms with Crippen LogP contribution in [0.3, 0.4) is 0 Å². The van der Waals surface area contributed by atoms with E-state index in [0.29, 0.717) is 11.9 Å². The summed E-state index contributed by atoms with van der Waals surface area (Å²) in [6.45, 7) is 0.443. The first-order valence-corrected chi connectivity index (χ1v) is 11.8. The van der Waals surface area contributed by atoms with Crippen molar-refractivity contribution in [1.82, 2.24) is 20.0 Å². The number of aromatic amines is 1. The van der Waals surface area contributed by atoms with Crippen LogP contribution in [0, 0.1) is 5.92 Å². The minimum absolute atomic E-state index is 0.0890. The van der Waals surface area contributed by atoms with Gasteiger partial charge in [-0.1, -0.05) is 37.3 Å². The predicted molar refractivity (Wildman–Crippen MR) is 133 cm³/mol. The molecule has 1 aliphatic rings. The Hall–Kier alpha value is -3.50. The van der Waals surface area contributed by atoms with E-state index < -0.39 is 11.5 Å². The van der Waals surface area contributed by atoms with Crippen LogP contribution in [0.25, 0.3) is 11.0 Å². The first-order chi connectivity index (χ1) is 16.9. The monoisotopic (exact) mass is 498 g/mol. The van der Waals surface area contributed by atoms with Gasteiger partial charge in [-0.2, -0.15) is 4.98 Å². The van der Waals surface area contributed by atoms with Gasteiger partial charge in [0, 0.05) is 23.7 Å². The number of fused-ring (bicyclic) bond motifs is 1. The number of hydrogen-bond donors (Lipinski definition) is 3. The summed E-state index contributed by atoms with van der Waals surface area (Å²) >= 11 is 6.25. The number of rotatable bonds is 8. The Bertz CT molecular complexity index is 1300. The van der Waals surface area contributed by atoms with Crippen molar-refractivity contribution in [1.29, 1.82) is 0 Å². The maximum absolute atomic E-state index is 12.9. The van der Waals surface area contributed by atoms with Crippen molar-refractivity contribution in [3.63, 3.8) is 0 Å². The molecule has 0 aliphatic heterocycles. The van der Waals surface area contributed by atoms with E-state index in [9.17, 15) is 14.4 Å². The molecule has 0 radical (unpaired) electrons. The van der Waals surface area contributed by atoms with E-state index in [2.05, 4.69) is 20.3 Å². The highest BCUT2D eigenvalue weighted by atomic mass is 35.5. The number of hydrazine groups is 1. The molecule has 11 heteroatoms. The molecule has 0 saturated heterocycles. The van der Waals surface area contributed by atoms with E-state index in [4.69, 9.17) is 22.2 Å². The summed E-state index contributed by atoms with van der Waals surface area (Å²) in [6.07, 6.45) is 8.39. The van der Waals surface area contributed by atoms with Crippen LogP contribution in [-0.2, 0) is 0 Å². The molecule has 0 atom stereocenters. The summed E-state index contributed by atoms with van der Waals surface area (Å²) in [7, 11) is 1.41. The lowest BCUT2D eigenvalue weighted by molar-refractivity contribution is 0.0750. The smallest absolute Gasteiger partial charge is 0.318 e. The zero-order chi connectivity index (χ0) is 24.9. The lowest BCUT2D eigenvalue weighted by Gasteiger charge is -2.18. The quantitative estimate of drug-likeness (QED) is 0.245. The SMILES string of the molecule is COc1ncc2cc(C(=O)Nc3cc(C(=O)N(N)CCCC4CCCC4)ccc3Cl)c(=O)[nH]c2n1. The normalized spacial score (nSPS) is 13.7. The van der Waals surface area contributed by atoms with Gasteiger partial charge in [0.05, 0.1) is 17.8 Å². The van der Waals surface area contributed by atoms with Crippen molar-refractivity contribution in [2.75, 3.05) is 19.0 Å². The Morgan fingerprint density at radius 1 is 1.29 bits per heavy atom. The van der Waals surface area contributed by atoms with Crippen LogP contribution >= 0.6 is 11.6 Å². The van der Waals surface area contributed by atoms with Gasteiger partial charge in [0.25, 0.3) is 17.4 Å². The first kappa shape index (κ1) is 24.6. The van der Waals surface area contributed by atoms with E-state index in [1.165, 1.54) is 62.2 Å². The van der Waals surface area contributed by atoms with Crippen LogP contribution in [0.2, 0.25) is 5.02 Å². The highest BCUT2D eigenvalue weighted by Crippen LogP contribution is 2.28. The Labute approximate surface area is 206 Å². The molecule has 1 aromatic carbocycles. The van der Waals surface area contributed by atoms with Gasteiger partial charge in [0.2, 0.25) is 0 Å². The maximum atomic E-state index is 12.9. The molecule has 10 nitrogen and oxygen atoms in total. The fourth-order valence-corrected chi connectivity index (χ4v) is 4.47. The molecule has 35 heavy (non-hydrogen) atoms. The summed E-state index contributed by atoms with van der Waals surface area (Å²) < 4.78 is 4.95. The molecular formula is C24H27ClN6O4. The molecule has 0 unspecified atom stereocenters. The third-order valence-corrected chi connectivity index (χ3v) is 6.54. The number of pyridine rings is 1. The fourth-order valence-electron chi connectivity index (χ4n) is 4.30. The molecular weight excluding hydrogens is 472 g/mol. The molecule has 4 rings (SSSR count). The second-order valence-electron chi connectivity index (χ2n) is 8.61. The van der Waals surface area contributed by atoms with Gasteiger partial charge in [-0.05, 0) is 43.0 Å². The van der Waals surface area contributed by atoms with E-state index in [1.807, 2.05) is 0 Å². The Morgan fingerprint density at radius 2 is 2.06 bits per heavy atom. The molecule has 1 saturated carbocycles. The van der Waals surface area contributed by atoms with E-state index in [-0.39, 0.29) is 39.4 Å². The van der Waals surface area contributed by atoms with E-state index in [1.54, 1.807) is 6.07 Å². The lowest BCUT2D eigenvalue weighted by Crippen LogP contribution is -2.38. The summed E-state index contributed by atoms with van der Waals surface area (Å²) in [5.74, 6) is 5.66. The minimum Gasteiger partial charge on any atom is -0.467 e. The maximum Gasteiger partial charge on any atom is 0.318 e. The molecule has 3 aromatic rings. The van der Waals surface area contributed by atoms with Gasteiger partial charge in [-0.25, -0.2) is 10.8 Å². The number of methoxy groups -OCH3 is 1. The number of H-pyrrole nitrogens is 1. The number of halogens is 1. The molecule has 2 amide bonds. The van der Waals surface area contributed by atoms with Gasteiger partial charge >= 0.3 is 6.01 Å². The number of nitrogens with one attached hydrogen (secondary N) is 2. The second-order valence-corrected chi connectivity index (χ2v) is 9.02. The Kier molecular flexibility index (Phi) is 7.62. The average molecular weight is 499 g/mol. The highest BCUT2D eigenvalue weighted by Gasteiger charge is 2.19. The van der Waals surface area contributed by atoms with Crippen molar-refractivity contribution in [3.8, 4) is 6.01 Å². The molecule has 0 bridgehead atoms. The molecule has 1 aliphatic carbocycles. The molecule has 2 aromatic heterocycles. The minimum atomic E-state index is -0.698. The number of hydrogen-bond acceptors (Lipinski definition) is 7. The molecule has 0 spiro atoms. The number of nitrogens with zero attached hydrogens (tertiary/aromatic N) is 3. The molecule has 2 heterocycles. The molecule has 184 valence electrons. The van der Waals surface area contributed by atoms with Gasteiger partial charge in [-0.15, -0.1) is 0 Å². The number of ether oxygens (including phenoxy) is 1. The van der Waals surface area contributed by atoms with Gasteiger partial charge < -0.3 is 15.0 Å². The summed E-state index contributed by atoms with van der Waals surface area (Å²) in [6, 6.07) is 5.96. The lowest BCUT2D eigenvalue weighted by atomic mass is 10.0. The van der Waals surface area contributed by atoms with Crippen LogP contribution in [0.1, 0.15) is 59.2 Å². The van der Waals surface area contributed by atoms with Crippen molar-refractivity contribution in [2.24, 2.45) is 11.8 Å². The summed E-state index contributed by atoms with van der Waals surface area (Å²) in [5.41, 5.74) is -0.103. The van der Waals surface area contributed by atoms with Crippen LogP contribution in [0.4, 0.5) is 5.69 Å². The zero-order valence-electron chi connectivity index (χ0n) is 19.3.